The number of amides is 1. The Morgan fingerprint density at radius 3 is 2.13 bits per heavy atom. The maximum atomic E-state index is 11.6. The summed E-state index contributed by atoms with van der Waals surface area (Å²) < 4.78 is 0. The Balaban J connectivity index is 4.17. The summed E-state index contributed by atoms with van der Waals surface area (Å²) in [6, 6.07) is 0. The largest absolute Gasteiger partial charge is 0.481 e. The average molecular weight is 215 g/mol. The van der Waals surface area contributed by atoms with Crippen molar-refractivity contribution in [3.63, 3.8) is 0 Å². The summed E-state index contributed by atoms with van der Waals surface area (Å²) in [4.78, 5) is 23.8. The summed E-state index contributed by atoms with van der Waals surface area (Å²) in [5, 5.41) is 8.67. The third-order valence-corrected chi connectivity index (χ3v) is 2.04. The third-order valence-electron chi connectivity index (χ3n) is 2.04. The number of hydrogen-bond donors (Lipinski definition) is 1. The second-order valence-electron chi connectivity index (χ2n) is 5.25. The summed E-state index contributed by atoms with van der Waals surface area (Å²) >= 11 is 0. The van der Waals surface area contributed by atoms with E-state index < -0.39 is 11.9 Å². The van der Waals surface area contributed by atoms with Crippen molar-refractivity contribution in [3.05, 3.63) is 0 Å². The first-order valence-corrected chi connectivity index (χ1v) is 5.10. The number of hydrogen-bond acceptors (Lipinski definition) is 2. The molecule has 0 aliphatic carbocycles. The van der Waals surface area contributed by atoms with Crippen LogP contribution in [-0.4, -0.2) is 35.5 Å². The van der Waals surface area contributed by atoms with Crippen LogP contribution in [0.2, 0.25) is 0 Å². The van der Waals surface area contributed by atoms with Crippen molar-refractivity contribution in [1.82, 2.24) is 4.90 Å². The van der Waals surface area contributed by atoms with E-state index in [9.17, 15) is 9.59 Å². The minimum Gasteiger partial charge on any atom is -0.481 e. The molecule has 0 bridgehead atoms. The highest BCUT2D eigenvalue weighted by molar-refractivity contribution is 5.81. The summed E-state index contributed by atoms with van der Waals surface area (Å²) in [7, 11) is 1.71. The highest BCUT2D eigenvalue weighted by atomic mass is 16.4. The quantitative estimate of drug-likeness (QED) is 0.775. The summed E-state index contributed by atoms with van der Waals surface area (Å²) in [5.74, 6) is -1.65. The second kappa shape index (κ2) is 5.14. The Morgan fingerprint density at radius 1 is 1.33 bits per heavy atom. The van der Waals surface area contributed by atoms with Gasteiger partial charge >= 0.3 is 5.97 Å². The molecule has 4 nitrogen and oxygen atoms in total. The van der Waals surface area contributed by atoms with Gasteiger partial charge in [0.05, 0.1) is 5.92 Å². The molecule has 0 aromatic heterocycles. The van der Waals surface area contributed by atoms with E-state index in [1.54, 1.807) is 18.9 Å². The molecule has 0 aliphatic heterocycles. The Kier molecular flexibility index (Phi) is 4.78. The molecule has 4 heteroatoms. The number of aliphatic carboxylic acids is 1. The number of carboxylic acids is 1. The average Bonchev–Trinajstić information content (AvgIpc) is 2.00. The standard InChI is InChI=1S/C11H21NO3/c1-8(10(14)15)6-9(13)12(5)7-11(2,3)4/h8H,6-7H2,1-5H3,(H,14,15). The van der Waals surface area contributed by atoms with Gasteiger partial charge in [0, 0.05) is 20.0 Å². The van der Waals surface area contributed by atoms with E-state index in [1.165, 1.54) is 0 Å². The zero-order valence-corrected chi connectivity index (χ0v) is 10.2. The van der Waals surface area contributed by atoms with Crippen LogP contribution in [0.25, 0.3) is 0 Å². The molecule has 0 aliphatic rings. The number of rotatable bonds is 4. The van der Waals surface area contributed by atoms with Gasteiger partial charge in [0.15, 0.2) is 0 Å². The van der Waals surface area contributed by atoms with Gasteiger partial charge in [0.2, 0.25) is 5.91 Å². The fraction of sp³-hybridized carbons (Fsp3) is 0.818. The van der Waals surface area contributed by atoms with E-state index >= 15 is 0 Å². The molecule has 1 N–H and O–H groups in total. The summed E-state index contributed by atoms with van der Waals surface area (Å²) in [6.07, 6.45) is 0.0713. The Hall–Kier alpha value is -1.06. The molecule has 0 aromatic rings. The van der Waals surface area contributed by atoms with E-state index in [2.05, 4.69) is 0 Å². The van der Waals surface area contributed by atoms with Crippen LogP contribution < -0.4 is 0 Å². The lowest BCUT2D eigenvalue weighted by Gasteiger charge is -2.27. The van der Waals surface area contributed by atoms with Crippen LogP contribution in [0.15, 0.2) is 0 Å². The van der Waals surface area contributed by atoms with Crippen molar-refractivity contribution in [2.75, 3.05) is 13.6 Å². The number of carbonyl (C=O) groups excluding carboxylic acids is 1. The molecule has 0 saturated heterocycles. The molecule has 1 amide bonds. The lowest BCUT2D eigenvalue weighted by molar-refractivity contribution is -0.145. The maximum absolute atomic E-state index is 11.6. The number of nitrogens with zero attached hydrogens (tertiary/aromatic N) is 1. The SMILES string of the molecule is CC(CC(=O)N(C)CC(C)(C)C)C(=O)O. The molecular weight excluding hydrogens is 194 g/mol. The van der Waals surface area contributed by atoms with Gasteiger partial charge in [-0.1, -0.05) is 27.7 Å². The number of carboxylic acid groups (broad SMARTS) is 1. The van der Waals surface area contributed by atoms with Crippen molar-refractivity contribution >= 4 is 11.9 Å². The number of carbonyl (C=O) groups is 2. The second-order valence-corrected chi connectivity index (χ2v) is 5.25. The zero-order chi connectivity index (χ0) is 12.2. The molecule has 15 heavy (non-hydrogen) atoms. The minimum atomic E-state index is -0.924. The predicted octanol–water partition coefficient (Wildman–Crippen LogP) is 1.60. The Bertz CT molecular complexity index is 243. The van der Waals surface area contributed by atoms with E-state index in [1.807, 2.05) is 20.8 Å². The van der Waals surface area contributed by atoms with Gasteiger partial charge in [-0.25, -0.2) is 0 Å². The van der Waals surface area contributed by atoms with Crippen LogP contribution in [0.3, 0.4) is 0 Å². The van der Waals surface area contributed by atoms with Gasteiger partial charge in [-0.3, -0.25) is 9.59 Å². The molecule has 0 heterocycles. The van der Waals surface area contributed by atoms with Gasteiger partial charge in [-0.05, 0) is 5.41 Å². The van der Waals surface area contributed by atoms with Crippen molar-refractivity contribution in [3.8, 4) is 0 Å². The first-order chi connectivity index (χ1) is 6.63. The summed E-state index contributed by atoms with van der Waals surface area (Å²) in [6.45, 7) is 8.30. The zero-order valence-electron chi connectivity index (χ0n) is 10.2. The highest BCUT2D eigenvalue weighted by Crippen LogP contribution is 2.15. The van der Waals surface area contributed by atoms with Gasteiger partial charge in [-0.15, -0.1) is 0 Å². The molecule has 0 radical (unpaired) electrons. The van der Waals surface area contributed by atoms with Crippen LogP contribution in [0.5, 0.6) is 0 Å². The lowest BCUT2D eigenvalue weighted by atomic mass is 9.96. The molecular formula is C11H21NO3. The third kappa shape index (κ3) is 6.10. The van der Waals surface area contributed by atoms with Gasteiger partial charge in [-0.2, -0.15) is 0 Å². The molecule has 0 fully saturated rings. The van der Waals surface area contributed by atoms with E-state index in [-0.39, 0.29) is 17.7 Å². The predicted molar refractivity (Wildman–Crippen MR) is 58.5 cm³/mol. The van der Waals surface area contributed by atoms with Gasteiger partial charge < -0.3 is 10.0 Å². The van der Waals surface area contributed by atoms with Crippen LogP contribution >= 0.6 is 0 Å². The van der Waals surface area contributed by atoms with E-state index in [0.29, 0.717) is 6.54 Å². The van der Waals surface area contributed by atoms with Crippen molar-refractivity contribution in [2.24, 2.45) is 11.3 Å². The summed E-state index contributed by atoms with van der Waals surface area (Å²) in [5.41, 5.74) is 0.0386. The lowest BCUT2D eigenvalue weighted by Crippen LogP contribution is -2.35. The Labute approximate surface area is 91.3 Å². The molecule has 0 aromatic carbocycles. The minimum absolute atomic E-state index is 0.0386. The van der Waals surface area contributed by atoms with Crippen molar-refractivity contribution in [2.45, 2.75) is 34.1 Å². The maximum Gasteiger partial charge on any atom is 0.306 e. The first-order valence-electron chi connectivity index (χ1n) is 5.10. The van der Waals surface area contributed by atoms with E-state index in [4.69, 9.17) is 5.11 Å². The molecule has 1 atom stereocenters. The highest BCUT2D eigenvalue weighted by Gasteiger charge is 2.21. The van der Waals surface area contributed by atoms with Crippen molar-refractivity contribution in [1.29, 1.82) is 0 Å². The Morgan fingerprint density at radius 2 is 1.80 bits per heavy atom. The van der Waals surface area contributed by atoms with Crippen LogP contribution in [0.4, 0.5) is 0 Å². The molecule has 0 saturated carbocycles. The van der Waals surface area contributed by atoms with Gasteiger partial charge in [0.1, 0.15) is 0 Å². The molecule has 0 spiro atoms. The molecule has 0 rings (SSSR count). The topological polar surface area (TPSA) is 57.6 Å². The van der Waals surface area contributed by atoms with Crippen LogP contribution in [-0.2, 0) is 9.59 Å². The van der Waals surface area contributed by atoms with Crippen LogP contribution in [0, 0.1) is 11.3 Å². The molecule has 88 valence electrons. The molecule has 1 unspecified atom stereocenters. The smallest absolute Gasteiger partial charge is 0.306 e. The monoisotopic (exact) mass is 215 g/mol. The first kappa shape index (κ1) is 13.9. The fourth-order valence-corrected chi connectivity index (χ4v) is 1.30. The van der Waals surface area contributed by atoms with E-state index in [0.717, 1.165) is 0 Å². The fourth-order valence-electron chi connectivity index (χ4n) is 1.30. The van der Waals surface area contributed by atoms with Crippen LogP contribution in [0.1, 0.15) is 34.1 Å². The van der Waals surface area contributed by atoms with Gasteiger partial charge in [0.25, 0.3) is 0 Å². The normalized spacial score (nSPS) is 13.4. The van der Waals surface area contributed by atoms with Crippen molar-refractivity contribution < 1.29 is 14.7 Å².